The number of benzene rings is 2. The van der Waals surface area contributed by atoms with E-state index in [2.05, 4.69) is 24.1 Å². The summed E-state index contributed by atoms with van der Waals surface area (Å²) in [6.45, 7) is 6.10. The number of para-hydroxylation sites is 1. The van der Waals surface area contributed by atoms with Crippen LogP contribution in [0.3, 0.4) is 0 Å². The highest BCUT2D eigenvalue weighted by molar-refractivity contribution is 8.00. The van der Waals surface area contributed by atoms with Gasteiger partial charge in [-0.1, -0.05) is 50.6 Å². The zero-order valence-corrected chi connectivity index (χ0v) is 19.7. The lowest BCUT2D eigenvalue weighted by Crippen LogP contribution is -2.46. The van der Waals surface area contributed by atoms with Crippen LogP contribution < -0.4 is 10.9 Å². The molecule has 174 valence electrons. The van der Waals surface area contributed by atoms with E-state index >= 15 is 0 Å². The Morgan fingerprint density at radius 2 is 1.94 bits per heavy atom. The van der Waals surface area contributed by atoms with E-state index in [1.54, 1.807) is 31.2 Å². The van der Waals surface area contributed by atoms with E-state index in [0.29, 0.717) is 22.7 Å². The minimum Gasteiger partial charge on any atom is -0.352 e. The normalized spacial score (nSPS) is 21.7. The van der Waals surface area contributed by atoms with Crippen LogP contribution >= 0.6 is 11.8 Å². The maximum Gasteiger partial charge on any atom is 0.266 e. The van der Waals surface area contributed by atoms with Gasteiger partial charge in [0.15, 0.2) is 5.16 Å². The lowest BCUT2D eigenvalue weighted by atomic mass is 9.78. The fourth-order valence-electron chi connectivity index (χ4n) is 4.36. The maximum absolute atomic E-state index is 14.7. The fraction of sp³-hybridized carbons (Fsp3) is 0.400. The number of carbonyl (C=O) groups is 1. The van der Waals surface area contributed by atoms with E-state index < -0.39 is 22.4 Å². The van der Waals surface area contributed by atoms with Gasteiger partial charge in [-0.2, -0.15) is 0 Å². The summed E-state index contributed by atoms with van der Waals surface area (Å²) in [7, 11) is 0. The van der Waals surface area contributed by atoms with Crippen molar-refractivity contribution >= 4 is 28.6 Å². The number of fused-ring (bicyclic) bond motifs is 1. The molecule has 1 aliphatic rings. The number of carbonyl (C=O) groups excluding carboxylic acids is 1. The Bertz CT molecular complexity index is 1250. The number of thioether (sulfide) groups is 1. The van der Waals surface area contributed by atoms with Crippen LogP contribution in [0.25, 0.3) is 16.6 Å². The Morgan fingerprint density at radius 1 is 1.18 bits per heavy atom. The van der Waals surface area contributed by atoms with Crippen molar-refractivity contribution in [3.63, 3.8) is 0 Å². The molecule has 5 nitrogen and oxygen atoms in total. The van der Waals surface area contributed by atoms with Gasteiger partial charge in [-0.05, 0) is 49.4 Å². The summed E-state index contributed by atoms with van der Waals surface area (Å²) in [6, 6.07) is 9.90. The highest BCUT2D eigenvalue weighted by Gasteiger charge is 2.30. The molecule has 4 atom stereocenters. The van der Waals surface area contributed by atoms with Crippen LogP contribution in [0.4, 0.5) is 8.78 Å². The largest absolute Gasteiger partial charge is 0.352 e. The number of aromatic nitrogens is 2. The smallest absolute Gasteiger partial charge is 0.266 e. The van der Waals surface area contributed by atoms with Crippen LogP contribution in [0.5, 0.6) is 0 Å². The SMILES string of the molecule is C[C@H]1[C@H](C)CCC[C@H]1NC(=O)[C@H](C)Sc1nc2ccccc2c(=O)n1-c1ccc(F)cc1F. The molecule has 1 heterocycles. The molecule has 3 aromatic rings. The van der Waals surface area contributed by atoms with Gasteiger partial charge in [0, 0.05) is 12.1 Å². The highest BCUT2D eigenvalue weighted by atomic mass is 32.2. The number of amides is 1. The lowest BCUT2D eigenvalue weighted by molar-refractivity contribution is -0.121. The molecule has 1 amide bonds. The Labute approximate surface area is 195 Å². The van der Waals surface area contributed by atoms with Crippen molar-refractivity contribution in [2.75, 3.05) is 0 Å². The van der Waals surface area contributed by atoms with Crippen molar-refractivity contribution in [2.24, 2.45) is 11.8 Å². The summed E-state index contributed by atoms with van der Waals surface area (Å²) in [5.41, 5.74) is -0.133. The van der Waals surface area contributed by atoms with E-state index in [0.717, 1.165) is 47.7 Å². The zero-order chi connectivity index (χ0) is 23.7. The maximum atomic E-state index is 14.7. The van der Waals surface area contributed by atoms with E-state index in [-0.39, 0.29) is 22.8 Å². The second-order valence-corrected chi connectivity index (χ2v) is 10.1. The first-order valence-corrected chi connectivity index (χ1v) is 12.1. The van der Waals surface area contributed by atoms with Gasteiger partial charge in [0.2, 0.25) is 5.91 Å². The van der Waals surface area contributed by atoms with Crippen LogP contribution in [0.1, 0.15) is 40.0 Å². The van der Waals surface area contributed by atoms with Crippen LogP contribution in [-0.4, -0.2) is 26.8 Å². The van der Waals surface area contributed by atoms with Crippen molar-refractivity contribution in [2.45, 2.75) is 56.5 Å². The summed E-state index contributed by atoms with van der Waals surface area (Å²) in [6.07, 6.45) is 3.18. The molecule has 1 aromatic heterocycles. The molecule has 0 unspecified atom stereocenters. The summed E-state index contributed by atoms with van der Waals surface area (Å²) in [4.78, 5) is 30.8. The molecule has 0 bridgehead atoms. The van der Waals surface area contributed by atoms with Gasteiger partial charge >= 0.3 is 0 Å². The van der Waals surface area contributed by atoms with Crippen molar-refractivity contribution in [1.29, 1.82) is 0 Å². The highest BCUT2D eigenvalue weighted by Crippen LogP contribution is 2.31. The Hall–Kier alpha value is -2.74. The lowest BCUT2D eigenvalue weighted by Gasteiger charge is -2.35. The van der Waals surface area contributed by atoms with Gasteiger partial charge in [-0.25, -0.2) is 13.8 Å². The van der Waals surface area contributed by atoms with Gasteiger partial charge in [-0.3, -0.25) is 14.2 Å². The number of nitrogens with one attached hydrogen (secondary N) is 1. The minimum atomic E-state index is -0.877. The van der Waals surface area contributed by atoms with Gasteiger partial charge in [-0.15, -0.1) is 0 Å². The third-order valence-electron chi connectivity index (χ3n) is 6.58. The number of rotatable bonds is 5. The summed E-state index contributed by atoms with van der Waals surface area (Å²) < 4.78 is 29.3. The molecule has 1 N–H and O–H groups in total. The third kappa shape index (κ3) is 4.81. The third-order valence-corrected chi connectivity index (χ3v) is 7.63. The molecule has 0 aliphatic heterocycles. The average molecular weight is 472 g/mol. The molecule has 2 aromatic carbocycles. The number of hydrogen-bond donors (Lipinski definition) is 1. The van der Waals surface area contributed by atoms with Crippen molar-refractivity contribution in [1.82, 2.24) is 14.9 Å². The molecular formula is C25H27F2N3O2S. The molecule has 8 heteroatoms. The van der Waals surface area contributed by atoms with E-state index in [1.807, 2.05) is 0 Å². The van der Waals surface area contributed by atoms with Crippen LogP contribution in [-0.2, 0) is 4.79 Å². The fourth-order valence-corrected chi connectivity index (χ4v) is 5.29. The van der Waals surface area contributed by atoms with Crippen molar-refractivity contribution in [3.05, 3.63) is 64.5 Å². The van der Waals surface area contributed by atoms with Crippen LogP contribution in [0.2, 0.25) is 0 Å². The summed E-state index contributed by atoms with van der Waals surface area (Å²) >= 11 is 1.09. The first-order valence-electron chi connectivity index (χ1n) is 11.2. The quantitative estimate of drug-likeness (QED) is 0.416. The number of halogens is 2. The van der Waals surface area contributed by atoms with E-state index in [4.69, 9.17) is 0 Å². The number of hydrogen-bond acceptors (Lipinski definition) is 4. The van der Waals surface area contributed by atoms with Crippen LogP contribution in [0.15, 0.2) is 52.4 Å². The molecular weight excluding hydrogens is 444 g/mol. The number of nitrogens with zero attached hydrogens (tertiary/aromatic N) is 2. The molecule has 1 aliphatic carbocycles. The van der Waals surface area contributed by atoms with Crippen molar-refractivity contribution < 1.29 is 13.6 Å². The predicted molar refractivity (Wildman–Crippen MR) is 127 cm³/mol. The topological polar surface area (TPSA) is 64.0 Å². The molecule has 1 saturated carbocycles. The first kappa shape index (κ1) is 23.4. The standard InChI is InChI=1S/C25H27F2N3O2S/c1-14-7-6-10-20(15(14)2)28-23(31)16(3)33-25-29-21-9-5-4-8-18(21)24(32)30(25)22-12-11-17(26)13-19(22)27/h4-5,8-9,11-16,20H,6-7,10H2,1-3H3,(H,28,31)/t14-,15+,16+,20-/m1/s1. The monoisotopic (exact) mass is 471 g/mol. The van der Waals surface area contributed by atoms with Crippen LogP contribution in [0, 0.1) is 23.5 Å². The summed E-state index contributed by atoms with van der Waals surface area (Å²) in [5.74, 6) is -0.848. The van der Waals surface area contributed by atoms with Gasteiger partial charge in [0.1, 0.15) is 11.6 Å². The molecule has 4 rings (SSSR count). The molecule has 1 fully saturated rings. The molecule has 0 spiro atoms. The molecule has 0 saturated heterocycles. The van der Waals surface area contributed by atoms with Gasteiger partial charge < -0.3 is 5.32 Å². The first-order chi connectivity index (χ1) is 15.8. The molecule has 0 radical (unpaired) electrons. The zero-order valence-electron chi connectivity index (χ0n) is 18.8. The molecule has 33 heavy (non-hydrogen) atoms. The Kier molecular flexibility index (Phi) is 6.83. The minimum absolute atomic E-state index is 0.102. The van der Waals surface area contributed by atoms with E-state index in [9.17, 15) is 18.4 Å². The predicted octanol–water partition coefficient (Wildman–Crippen LogP) is 5.09. The average Bonchev–Trinajstić information content (AvgIpc) is 2.78. The van der Waals surface area contributed by atoms with E-state index in [1.165, 1.54) is 6.07 Å². The second-order valence-electron chi connectivity index (χ2n) is 8.79. The summed E-state index contributed by atoms with van der Waals surface area (Å²) in [5, 5.41) is 3.07. The van der Waals surface area contributed by atoms with Crippen molar-refractivity contribution in [3.8, 4) is 5.69 Å². The van der Waals surface area contributed by atoms with Gasteiger partial charge in [0.25, 0.3) is 5.56 Å². The Balaban J connectivity index is 1.69. The second kappa shape index (κ2) is 9.63. The Morgan fingerprint density at radius 3 is 2.70 bits per heavy atom. The van der Waals surface area contributed by atoms with Gasteiger partial charge in [0.05, 0.1) is 21.8 Å².